The first-order valence-corrected chi connectivity index (χ1v) is 10.8. The van der Waals surface area contributed by atoms with Crippen LogP contribution in [0.25, 0.3) is 0 Å². The Morgan fingerprint density at radius 2 is 1.80 bits per heavy atom. The van der Waals surface area contributed by atoms with Gasteiger partial charge in [0.2, 0.25) is 0 Å². The van der Waals surface area contributed by atoms with Gasteiger partial charge in [-0.15, -0.1) is 0 Å². The summed E-state index contributed by atoms with van der Waals surface area (Å²) < 4.78 is 47.2. The first kappa shape index (κ1) is 24.1. The highest BCUT2D eigenvalue weighted by molar-refractivity contribution is 6.03. The molecule has 7 nitrogen and oxygen atoms in total. The molecule has 0 aliphatic heterocycles. The molecule has 4 rings (SSSR count). The number of halogens is 3. The van der Waals surface area contributed by atoms with Crippen molar-refractivity contribution >= 4 is 11.6 Å². The first-order chi connectivity index (χ1) is 16.6. The highest BCUT2D eigenvalue weighted by Gasteiger charge is 2.30. The summed E-state index contributed by atoms with van der Waals surface area (Å²) in [5.74, 6) is -0.377. The predicted molar refractivity (Wildman–Crippen MR) is 124 cm³/mol. The molecular weight excluding hydrogens is 459 g/mol. The normalized spacial score (nSPS) is 11.5. The molecule has 1 amide bonds. The smallest absolute Gasteiger partial charge is 0.416 e. The predicted octanol–water partition coefficient (Wildman–Crippen LogP) is 5.36. The topological polar surface area (TPSA) is 74.0 Å². The van der Waals surface area contributed by atoms with Crippen molar-refractivity contribution in [2.45, 2.75) is 40.2 Å². The summed E-state index contributed by atoms with van der Waals surface area (Å²) in [5.41, 5.74) is 3.73. The second-order valence-corrected chi connectivity index (χ2v) is 8.12. The largest absolute Gasteiger partial charge is 0.471 e. The number of alkyl halides is 3. The zero-order chi connectivity index (χ0) is 25.2. The summed E-state index contributed by atoms with van der Waals surface area (Å²) >= 11 is 0. The van der Waals surface area contributed by atoms with Crippen LogP contribution in [0.5, 0.6) is 5.75 Å². The lowest BCUT2D eigenvalue weighted by atomic mass is 10.1. The maximum absolute atomic E-state index is 12.9. The Morgan fingerprint density at radius 1 is 1.03 bits per heavy atom. The van der Waals surface area contributed by atoms with Crippen LogP contribution in [0.2, 0.25) is 0 Å². The number of aromatic nitrogens is 4. The molecule has 10 heteroatoms. The lowest BCUT2D eigenvalue weighted by Crippen LogP contribution is -2.15. The van der Waals surface area contributed by atoms with Gasteiger partial charge in [-0.3, -0.25) is 9.48 Å². The summed E-state index contributed by atoms with van der Waals surface area (Å²) in [7, 11) is 0. The molecule has 0 spiro atoms. The summed E-state index contributed by atoms with van der Waals surface area (Å²) in [6.07, 6.45) is -2.94. The summed E-state index contributed by atoms with van der Waals surface area (Å²) in [5, 5.41) is 11.6. The van der Waals surface area contributed by atoms with E-state index in [0.29, 0.717) is 17.9 Å². The van der Waals surface area contributed by atoms with Gasteiger partial charge in [0.05, 0.1) is 29.2 Å². The lowest BCUT2D eigenvalue weighted by molar-refractivity contribution is -0.137. The van der Waals surface area contributed by atoms with E-state index in [0.717, 1.165) is 29.0 Å². The summed E-state index contributed by atoms with van der Waals surface area (Å²) in [6.45, 7) is 6.17. The molecule has 0 unspecified atom stereocenters. The molecule has 4 aromatic rings. The molecule has 0 bridgehead atoms. The van der Waals surface area contributed by atoms with Crippen molar-refractivity contribution in [1.29, 1.82) is 0 Å². The van der Waals surface area contributed by atoms with Gasteiger partial charge in [0.15, 0.2) is 12.4 Å². The molecule has 0 fully saturated rings. The Balaban J connectivity index is 1.41. The van der Waals surface area contributed by atoms with Gasteiger partial charge in [-0.1, -0.05) is 30.3 Å². The average molecular weight is 483 g/mol. The van der Waals surface area contributed by atoms with Crippen LogP contribution in [-0.2, 0) is 19.5 Å². The SMILES string of the molecule is Cc1ccccc1Cn1nc(C)c(NC(=O)c2ccn(COc3cccc(C(F)(F)F)c3)n2)c1C. The van der Waals surface area contributed by atoms with Crippen LogP contribution in [0.15, 0.2) is 60.8 Å². The van der Waals surface area contributed by atoms with Gasteiger partial charge in [0.1, 0.15) is 5.75 Å². The highest BCUT2D eigenvalue weighted by Crippen LogP contribution is 2.31. The number of aryl methyl sites for hydroxylation is 2. The van der Waals surface area contributed by atoms with Gasteiger partial charge in [0.25, 0.3) is 5.91 Å². The van der Waals surface area contributed by atoms with Crippen LogP contribution in [-0.4, -0.2) is 25.5 Å². The summed E-state index contributed by atoms with van der Waals surface area (Å²) in [6, 6.07) is 14.1. The van der Waals surface area contributed by atoms with E-state index in [9.17, 15) is 18.0 Å². The van der Waals surface area contributed by atoms with Crippen molar-refractivity contribution in [3.8, 4) is 5.75 Å². The molecule has 0 aliphatic rings. The average Bonchev–Trinajstić information content (AvgIpc) is 3.39. The quantitative estimate of drug-likeness (QED) is 0.384. The van der Waals surface area contributed by atoms with Gasteiger partial charge in [-0.05, 0) is 56.2 Å². The molecule has 0 saturated heterocycles. The number of amides is 1. The Kier molecular flexibility index (Phi) is 6.63. The number of hydrogen-bond acceptors (Lipinski definition) is 4. The van der Waals surface area contributed by atoms with Gasteiger partial charge in [-0.2, -0.15) is 23.4 Å². The van der Waals surface area contributed by atoms with Gasteiger partial charge in [0, 0.05) is 6.20 Å². The molecule has 2 heterocycles. The molecule has 182 valence electrons. The Bertz CT molecular complexity index is 1360. The van der Waals surface area contributed by atoms with Crippen LogP contribution in [0, 0.1) is 20.8 Å². The fourth-order valence-corrected chi connectivity index (χ4v) is 3.62. The van der Waals surface area contributed by atoms with E-state index in [1.54, 1.807) is 0 Å². The second kappa shape index (κ2) is 9.65. The van der Waals surface area contributed by atoms with Crippen molar-refractivity contribution < 1.29 is 22.7 Å². The molecular formula is C25H24F3N5O2. The number of nitrogens with one attached hydrogen (secondary N) is 1. The molecule has 1 N–H and O–H groups in total. The van der Waals surface area contributed by atoms with Crippen LogP contribution >= 0.6 is 0 Å². The molecule has 35 heavy (non-hydrogen) atoms. The van der Waals surface area contributed by atoms with E-state index in [-0.39, 0.29) is 18.2 Å². The minimum Gasteiger partial charge on any atom is -0.471 e. The fraction of sp³-hybridized carbons (Fsp3) is 0.240. The third-order valence-corrected chi connectivity index (χ3v) is 5.60. The maximum atomic E-state index is 12.9. The Labute approximate surface area is 200 Å². The molecule has 0 saturated carbocycles. The molecule has 2 aromatic carbocycles. The molecule has 2 aromatic heterocycles. The van der Waals surface area contributed by atoms with Gasteiger partial charge >= 0.3 is 6.18 Å². The van der Waals surface area contributed by atoms with Crippen molar-refractivity contribution in [3.05, 3.63) is 94.6 Å². The van der Waals surface area contributed by atoms with Crippen LogP contribution in [0.1, 0.15) is 38.6 Å². The minimum absolute atomic E-state index is 0.0497. The summed E-state index contributed by atoms with van der Waals surface area (Å²) in [4.78, 5) is 12.8. The van der Waals surface area contributed by atoms with Crippen LogP contribution in [0.4, 0.5) is 18.9 Å². The van der Waals surface area contributed by atoms with Crippen LogP contribution < -0.4 is 10.1 Å². The third-order valence-electron chi connectivity index (χ3n) is 5.60. The molecule has 0 aliphatic carbocycles. The number of nitrogens with zero attached hydrogens (tertiary/aromatic N) is 4. The van der Waals surface area contributed by atoms with E-state index >= 15 is 0 Å². The fourth-order valence-electron chi connectivity index (χ4n) is 3.62. The van der Waals surface area contributed by atoms with E-state index in [1.165, 1.54) is 29.1 Å². The zero-order valence-corrected chi connectivity index (χ0v) is 19.4. The molecule has 0 radical (unpaired) electrons. The number of carbonyl (C=O) groups is 1. The number of rotatable bonds is 7. The lowest BCUT2D eigenvalue weighted by Gasteiger charge is -2.10. The van der Waals surface area contributed by atoms with Crippen molar-refractivity contribution in [1.82, 2.24) is 19.6 Å². The van der Waals surface area contributed by atoms with Gasteiger partial charge in [-0.25, -0.2) is 4.68 Å². The van der Waals surface area contributed by atoms with Crippen LogP contribution in [0.3, 0.4) is 0 Å². The van der Waals surface area contributed by atoms with Gasteiger partial charge < -0.3 is 10.1 Å². The highest BCUT2D eigenvalue weighted by atomic mass is 19.4. The molecule has 0 atom stereocenters. The Morgan fingerprint density at radius 3 is 2.54 bits per heavy atom. The van der Waals surface area contributed by atoms with Crippen molar-refractivity contribution in [2.24, 2.45) is 0 Å². The maximum Gasteiger partial charge on any atom is 0.416 e. The Hall–Kier alpha value is -4.08. The number of ether oxygens (including phenoxy) is 1. The number of carbonyl (C=O) groups excluding carboxylic acids is 1. The van der Waals surface area contributed by atoms with E-state index < -0.39 is 17.6 Å². The van der Waals surface area contributed by atoms with E-state index in [4.69, 9.17) is 4.74 Å². The van der Waals surface area contributed by atoms with E-state index in [1.807, 2.05) is 49.7 Å². The van der Waals surface area contributed by atoms with Crippen molar-refractivity contribution in [2.75, 3.05) is 5.32 Å². The zero-order valence-electron chi connectivity index (χ0n) is 19.4. The van der Waals surface area contributed by atoms with Crippen molar-refractivity contribution in [3.63, 3.8) is 0 Å². The standard InChI is InChI=1S/C25H24F3N5O2/c1-16-7-4-5-8-19(16)14-33-18(3)23(17(2)30-33)29-24(34)22-11-12-32(31-22)15-35-21-10-6-9-20(13-21)25(26,27)28/h4-13H,14-15H2,1-3H3,(H,29,34). The second-order valence-electron chi connectivity index (χ2n) is 8.12. The first-order valence-electron chi connectivity index (χ1n) is 10.8. The minimum atomic E-state index is -4.46. The number of hydrogen-bond donors (Lipinski definition) is 1. The number of benzene rings is 2. The monoisotopic (exact) mass is 483 g/mol. The van der Waals surface area contributed by atoms with E-state index in [2.05, 4.69) is 15.5 Å². The number of anilines is 1. The third kappa shape index (κ3) is 5.53.